The molecule has 0 rings (SSSR count). The van der Waals surface area contributed by atoms with Gasteiger partial charge in [0.1, 0.15) is 0 Å². The van der Waals surface area contributed by atoms with Crippen molar-refractivity contribution in [3.05, 3.63) is 12.3 Å². The van der Waals surface area contributed by atoms with Gasteiger partial charge in [0.2, 0.25) is 0 Å². The van der Waals surface area contributed by atoms with Crippen LogP contribution in [0.5, 0.6) is 0 Å². The average molecular weight is 156 g/mol. The molecule has 0 amide bonds. The van der Waals surface area contributed by atoms with E-state index in [1.165, 1.54) is 19.3 Å². The molecule has 0 bridgehead atoms. The van der Waals surface area contributed by atoms with Crippen molar-refractivity contribution in [3.63, 3.8) is 0 Å². The largest absolute Gasteiger partial charge is 0.376 e. The summed E-state index contributed by atoms with van der Waals surface area (Å²) in [7, 11) is 0. The minimum absolute atomic E-state index is 0.0671. The highest BCUT2D eigenvalue weighted by atomic mass is 15.0. The zero-order valence-electron chi connectivity index (χ0n) is 7.64. The molecule has 1 atom stereocenters. The zero-order chi connectivity index (χ0) is 8.53. The Hall–Kier alpha value is -0.500. The summed E-state index contributed by atoms with van der Waals surface area (Å²) in [6.45, 7) is 4.14. The fourth-order valence-electron chi connectivity index (χ4n) is 0.815. The van der Waals surface area contributed by atoms with E-state index >= 15 is 0 Å². The molecule has 0 aliphatic heterocycles. The van der Waals surface area contributed by atoms with E-state index in [-0.39, 0.29) is 6.17 Å². The summed E-state index contributed by atoms with van der Waals surface area (Å²) in [6.07, 6.45) is 9.20. The molecule has 0 aliphatic rings. The maximum absolute atomic E-state index is 5.47. The first-order valence-electron chi connectivity index (χ1n) is 4.44. The molecule has 2 nitrogen and oxygen atoms in total. The maximum atomic E-state index is 5.47. The minimum atomic E-state index is 0.0671. The number of rotatable bonds is 6. The van der Waals surface area contributed by atoms with E-state index in [1.807, 2.05) is 13.1 Å². The molecule has 0 aromatic rings. The molecule has 0 spiro atoms. The van der Waals surface area contributed by atoms with Gasteiger partial charge < -0.3 is 11.1 Å². The minimum Gasteiger partial charge on any atom is -0.376 e. The van der Waals surface area contributed by atoms with Crippen molar-refractivity contribution in [3.8, 4) is 0 Å². The fourth-order valence-corrected chi connectivity index (χ4v) is 0.815. The van der Waals surface area contributed by atoms with Crippen molar-refractivity contribution in [2.24, 2.45) is 5.73 Å². The SMILES string of the molecule is CCCCCC=CNC(C)N. The van der Waals surface area contributed by atoms with Crippen LogP contribution in [0.25, 0.3) is 0 Å². The molecular weight excluding hydrogens is 136 g/mol. The molecule has 0 aromatic carbocycles. The Balaban J connectivity index is 3.03. The molecule has 2 heteroatoms. The Morgan fingerprint density at radius 2 is 2.18 bits per heavy atom. The van der Waals surface area contributed by atoms with Crippen LogP contribution in [0.3, 0.4) is 0 Å². The lowest BCUT2D eigenvalue weighted by Crippen LogP contribution is -2.29. The van der Waals surface area contributed by atoms with Crippen LogP contribution < -0.4 is 11.1 Å². The van der Waals surface area contributed by atoms with E-state index in [1.54, 1.807) is 0 Å². The van der Waals surface area contributed by atoms with Crippen molar-refractivity contribution >= 4 is 0 Å². The van der Waals surface area contributed by atoms with E-state index in [0.717, 1.165) is 6.42 Å². The van der Waals surface area contributed by atoms with Crippen molar-refractivity contribution < 1.29 is 0 Å². The third-order valence-electron chi connectivity index (χ3n) is 1.45. The van der Waals surface area contributed by atoms with E-state index < -0.39 is 0 Å². The predicted molar refractivity (Wildman–Crippen MR) is 50.1 cm³/mol. The van der Waals surface area contributed by atoms with Crippen molar-refractivity contribution in [1.82, 2.24) is 5.32 Å². The number of hydrogen-bond donors (Lipinski definition) is 2. The summed E-state index contributed by atoms with van der Waals surface area (Å²) in [5.41, 5.74) is 5.47. The van der Waals surface area contributed by atoms with Gasteiger partial charge in [-0.15, -0.1) is 0 Å². The molecule has 0 fully saturated rings. The van der Waals surface area contributed by atoms with Crippen molar-refractivity contribution in [1.29, 1.82) is 0 Å². The van der Waals surface area contributed by atoms with E-state index in [2.05, 4.69) is 18.3 Å². The van der Waals surface area contributed by atoms with Crippen LogP contribution in [0, 0.1) is 0 Å². The first-order valence-corrected chi connectivity index (χ1v) is 4.44. The second-order valence-electron chi connectivity index (χ2n) is 2.85. The highest BCUT2D eigenvalue weighted by molar-refractivity contribution is 4.80. The zero-order valence-corrected chi connectivity index (χ0v) is 7.64. The third kappa shape index (κ3) is 9.50. The van der Waals surface area contributed by atoms with Crippen molar-refractivity contribution in [2.45, 2.75) is 45.7 Å². The van der Waals surface area contributed by atoms with Gasteiger partial charge in [0.25, 0.3) is 0 Å². The number of unbranched alkanes of at least 4 members (excludes halogenated alkanes) is 3. The molecule has 3 N–H and O–H groups in total. The number of nitrogens with two attached hydrogens (primary N) is 1. The Kier molecular flexibility index (Phi) is 7.26. The normalized spacial score (nSPS) is 13.7. The van der Waals surface area contributed by atoms with Crippen LogP contribution in [0.4, 0.5) is 0 Å². The standard InChI is InChI=1S/C9H20N2/c1-3-4-5-6-7-8-11-9(2)10/h7-9,11H,3-6,10H2,1-2H3. The molecular formula is C9H20N2. The molecule has 1 unspecified atom stereocenters. The quantitative estimate of drug-likeness (QED) is 0.456. The summed E-state index contributed by atoms with van der Waals surface area (Å²) in [4.78, 5) is 0. The van der Waals surface area contributed by atoms with E-state index in [0.29, 0.717) is 0 Å². The molecule has 66 valence electrons. The van der Waals surface area contributed by atoms with Gasteiger partial charge >= 0.3 is 0 Å². The van der Waals surface area contributed by atoms with Gasteiger partial charge in [-0.1, -0.05) is 25.8 Å². The van der Waals surface area contributed by atoms with Crippen LogP contribution >= 0.6 is 0 Å². The molecule has 0 heterocycles. The van der Waals surface area contributed by atoms with Crippen LogP contribution in [0.2, 0.25) is 0 Å². The second-order valence-corrected chi connectivity index (χ2v) is 2.85. The Bertz CT molecular complexity index is 97.7. The Labute approximate surface area is 69.9 Å². The molecule has 0 saturated heterocycles. The third-order valence-corrected chi connectivity index (χ3v) is 1.45. The Morgan fingerprint density at radius 1 is 1.45 bits per heavy atom. The van der Waals surface area contributed by atoms with Gasteiger partial charge in [0.15, 0.2) is 0 Å². The highest BCUT2D eigenvalue weighted by Crippen LogP contribution is 1.98. The Morgan fingerprint density at radius 3 is 2.73 bits per heavy atom. The molecule has 11 heavy (non-hydrogen) atoms. The maximum Gasteiger partial charge on any atom is 0.0709 e. The van der Waals surface area contributed by atoms with Gasteiger partial charge in [-0.2, -0.15) is 0 Å². The first-order chi connectivity index (χ1) is 5.27. The lowest BCUT2D eigenvalue weighted by atomic mass is 10.2. The number of nitrogens with one attached hydrogen (secondary N) is 1. The highest BCUT2D eigenvalue weighted by Gasteiger charge is 1.83. The van der Waals surface area contributed by atoms with E-state index in [9.17, 15) is 0 Å². The van der Waals surface area contributed by atoms with Gasteiger partial charge in [-0.25, -0.2) is 0 Å². The van der Waals surface area contributed by atoms with Crippen LogP contribution in [0.1, 0.15) is 39.5 Å². The van der Waals surface area contributed by atoms with Gasteiger partial charge in [0, 0.05) is 0 Å². The summed E-state index contributed by atoms with van der Waals surface area (Å²) >= 11 is 0. The number of hydrogen-bond acceptors (Lipinski definition) is 2. The summed E-state index contributed by atoms with van der Waals surface area (Å²) in [5.74, 6) is 0. The summed E-state index contributed by atoms with van der Waals surface area (Å²) < 4.78 is 0. The van der Waals surface area contributed by atoms with Crippen LogP contribution in [0.15, 0.2) is 12.3 Å². The lowest BCUT2D eigenvalue weighted by molar-refractivity contribution is 0.664. The lowest BCUT2D eigenvalue weighted by Gasteiger charge is -2.02. The predicted octanol–water partition coefficient (Wildman–Crippen LogP) is 1.97. The van der Waals surface area contributed by atoms with Gasteiger partial charge in [-0.05, 0) is 26.0 Å². The van der Waals surface area contributed by atoms with Crippen LogP contribution in [-0.2, 0) is 0 Å². The van der Waals surface area contributed by atoms with Crippen LogP contribution in [-0.4, -0.2) is 6.17 Å². The number of allylic oxidation sites excluding steroid dienone is 1. The molecule has 0 radical (unpaired) electrons. The van der Waals surface area contributed by atoms with Gasteiger partial charge in [0.05, 0.1) is 6.17 Å². The monoisotopic (exact) mass is 156 g/mol. The topological polar surface area (TPSA) is 38.0 Å². The molecule has 0 aliphatic carbocycles. The summed E-state index contributed by atoms with van der Waals surface area (Å²) in [6, 6.07) is 0. The smallest absolute Gasteiger partial charge is 0.0709 e. The first kappa shape index (κ1) is 10.5. The molecule has 0 saturated carbocycles. The summed E-state index contributed by atoms with van der Waals surface area (Å²) in [5, 5.41) is 3.02. The van der Waals surface area contributed by atoms with E-state index in [4.69, 9.17) is 5.73 Å². The average Bonchev–Trinajstić information content (AvgIpc) is 1.96. The second kappa shape index (κ2) is 7.61. The fraction of sp³-hybridized carbons (Fsp3) is 0.778. The molecule has 0 aromatic heterocycles. The van der Waals surface area contributed by atoms with Gasteiger partial charge in [-0.3, -0.25) is 0 Å². The van der Waals surface area contributed by atoms with Crippen molar-refractivity contribution in [2.75, 3.05) is 0 Å².